The van der Waals surface area contributed by atoms with Crippen LogP contribution in [0.15, 0.2) is 42.6 Å². The first-order chi connectivity index (χ1) is 9.79. The van der Waals surface area contributed by atoms with E-state index in [2.05, 4.69) is 17.1 Å². The van der Waals surface area contributed by atoms with Gasteiger partial charge in [0.15, 0.2) is 11.5 Å². The molecule has 3 rings (SSSR count). The number of rotatable bonds is 4. The number of pyridine rings is 1. The van der Waals surface area contributed by atoms with Crippen molar-refractivity contribution in [2.45, 2.75) is 13.3 Å². The minimum Gasteiger partial charge on any atom is -0.491 e. The van der Waals surface area contributed by atoms with E-state index in [-0.39, 0.29) is 0 Å². The number of anilines is 1. The van der Waals surface area contributed by atoms with Crippen LogP contribution >= 0.6 is 0 Å². The van der Waals surface area contributed by atoms with Gasteiger partial charge in [0.25, 0.3) is 0 Å². The molecule has 0 radical (unpaired) electrons. The van der Waals surface area contributed by atoms with Gasteiger partial charge in [-0.2, -0.15) is 0 Å². The fourth-order valence-corrected chi connectivity index (χ4v) is 2.07. The quantitative estimate of drug-likeness (QED) is 0.739. The summed E-state index contributed by atoms with van der Waals surface area (Å²) in [5.41, 5.74) is 8.38. The highest BCUT2D eigenvalue weighted by Crippen LogP contribution is 2.28. The predicted octanol–water partition coefficient (Wildman–Crippen LogP) is 2.77. The molecule has 0 saturated carbocycles. The third-order valence-corrected chi connectivity index (χ3v) is 3.04. The molecule has 0 saturated heterocycles. The Balaban J connectivity index is 2.00. The maximum atomic E-state index is 6.03. The third kappa shape index (κ3) is 2.18. The molecule has 5 nitrogen and oxygen atoms in total. The lowest BCUT2D eigenvalue weighted by molar-refractivity contribution is 0.319. The molecule has 2 aromatic heterocycles. The summed E-state index contributed by atoms with van der Waals surface area (Å²) in [7, 11) is 0. The zero-order chi connectivity index (χ0) is 13.9. The van der Waals surface area contributed by atoms with Crippen LogP contribution in [-0.4, -0.2) is 21.2 Å². The Labute approximate surface area is 117 Å². The molecule has 0 bridgehead atoms. The predicted molar refractivity (Wildman–Crippen MR) is 78.6 cm³/mol. The number of hydrogen-bond donors (Lipinski definition) is 1. The summed E-state index contributed by atoms with van der Waals surface area (Å²) in [6.07, 6.45) is 2.89. The number of hydrogen-bond acceptors (Lipinski definition) is 4. The highest BCUT2D eigenvalue weighted by Gasteiger charge is 2.09. The number of nitrogen functional groups attached to an aromatic ring is 1. The number of benzene rings is 1. The summed E-state index contributed by atoms with van der Waals surface area (Å²) in [6.45, 7) is 2.73. The van der Waals surface area contributed by atoms with E-state index in [4.69, 9.17) is 10.5 Å². The zero-order valence-corrected chi connectivity index (χ0v) is 11.3. The topological polar surface area (TPSA) is 65.4 Å². The highest BCUT2D eigenvalue weighted by atomic mass is 16.5. The average molecular weight is 268 g/mol. The lowest BCUT2D eigenvalue weighted by Gasteiger charge is -2.09. The van der Waals surface area contributed by atoms with Gasteiger partial charge < -0.3 is 10.5 Å². The van der Waals surface area contributed by atoms with Crippen molar-refractivity contribution in [2.24, 2.45) is 0 Å². The van der Waals surface area contributed by atoms with Crippen LogP contribution in [-0.2, 0) is 0 Å². The number of fused-ring (bicyclic) bond motifs is 1. The Morgan fingerprint density at radius 2 is 2.10 bits per heavy atom. The molecule has 3 aromatic rings. The number of nitrogens with zero attached hydrogens (tertiary/aromatic N) is 3. The smallest absolute Gasteiger partial charge is 0.168 e. The summed E-state index contributed by atoms with van der Waals surface area (Å²) in [5, 5.41) is 8.35. The molecular weight excluding hydrogens is 252 g/mol. The maximum Gasteiger partial charge on any atom is 0.168 e. The summed E-state index contributed by atoms with van der Waals surface area (Å²) in [4.78, 5) is 0. The van der Waals surface area contributed by atoms with Crippen LogP contribution in [0, 0.1) is 0 Å². The Hall–Kier alpha value is -2.56. The van der Waals surface area contributed by atoms with Crippen molar-refractivity contribution >= 4 is 11.3 Å². The van der Waals surface area contributed by atoms with Gasteiger partial charge in [-0.3, -0.25) is 4.40 Å². The van der Waals surface area contributed by atoms with Gasteiger partial charge in [-0.05, 0) is 36.8 Å². The van der Waals surface area contributed by atoms with Crippen LogP contribution in [0.1, 0.15) is 13.3 Å². The van der Waals surface area contributed by atoms with Gasteiger partial charge >= 0.3 is 0 Å². The molecule has 0 fully saturated rings. The van der Waals surface area contributed by atoms with Crippen molar-refractivity contribution in [3.05, 3.63) is 42.6 Å². The van der Waals surface area contributed by atoms with Gasteiger partial charge in [0, 0.05) is 11.8 Å². The van der Waals surface area contributed by atoms with Crippen molar-refractivity contribution in [2.75, 3.05) is 12.3 Å². The molecule has 0 aliphatic heterocycles. The van der Waals surface area contributed by atoms with E-state index in [9.17, 15) is 0 Å². The van der Waals surface area contributed by atoms with E-state index < -0.39 is 0 Å². The van der Waals surface area contributed by atoms with E-state index in [0.29, 0.717) is 18.0 Å². The fraction of sp³-hybridized carbons (Fsp3) is 0.200. The van der Waals surface area contributed by atoms with Gasteiger partial charge in [-0.1, -0.05) is 13.0 Å². The van der Waals surface area contributed by atoms with Gasteiger partial charge in [0.05, 0.1) is 12.3 Å². The first-order valence-corrected chi connectivity index (χ1v) is 6.62. The second kappa shape index (κ2) is 5.21. The second-order valence-corrected chi connectivity index (χ2v) is 4.55. The first kappa shape index (κ1) is 12.5. The minimum atomic E-state index is 0.614. The van der Waals surface area contributed by atoms with Crippen LogP contribution in [0.3, 0.4) is 0 Å². The van der Waals surface area contributed by atoms with Crippen molar-refractivity contribution in [3.63, 3.8) is 0 Å². The van der Waals surface area contributed by atoms with Crippen molar-refractivity contribution in [1.82, 2.24) is 14.6 Å². The second-order valence-electron chi connectivity index (χ2n) is 4.55. The summed E-state index contributed by atoms with van der Waals surface area (Å²) in [6, 6.07) is 11.5. The lowest BCUT2D eigenvalue weighted by Crippen LogP contribution is -1.99. The van der Waals surface area contributed by atoms with E-state index in [0.717, 1.165) is 23.5 Å². The van der Waals surface area contributed by atoms with Gasteiger partial charge in [0.1, 0.15) is 5.75 Å². The molecule has 0 spiro atoms. The van der Waals surface area contributed by atoms with E-state index in [1.807, 2.05) is 47.0 Å². The Morgan fingerprint density at radius 1 is 1.20 bits per heavy atom. The molecular formula is C15H16N4O. The van der Waals surface area contributed by atoms with Gasteiger partial charge in [0.2, 0.25) is 0 Å². The molecule has 20 heavy (non-hydrogen) atoms. The first-order valence-electron chi connectivity index (χ1n) is 6.62. The molecule has 0 aliphatic rings. The Bertz CT molecular complexity index is 736. The Kier molecular flexibility index (Phi) is 3.25. The molecule has 2 N–H and O–H groups in total. The maximum absolute atomic E-state index is 6.03. The molecule has 0 aliphatic carbocycles. The van der Waals surface area contributed by atoms with Crippen LogP contribution in [0.4, 0.5) is 5.69 Å². The van der Waals surface area contributed by atoms with Crippen LogP contribution in [0.2, 0.25) is 0 Å². The van der Waals surface area contributed by atoms with E-state index in [1.54, 1.807) is 0 Å². The molecule has 1 aromatic carbocycles. The molecule has 0 amide bonds. The molecule has 2 heterocycles. The van der Waals surface area contributed by atoms with Crippen LogP contribution < -0.4 is 10.5 Å². The number of nitrogens with two attached hydrogens (primary N) is 1. The van der Waals surface area contributed by atoms with Crippen LogP contribution in [0.5, 0.6) is 5.75 Å². The normalized spacial score (nSPS) is 10.8. The molecule has 0 atom stereocenters. The third-order valence-electron chi connectivity index (χ3n) is 3.04. The minimum absolute atomic E-state index is 0.614. The molecule has 5 heteroatoms. The monoisotopic (exact) mass is 268 g/mol. The molecule has 102 valence electrons. The average Bonchev–Trinajstić information content (AvgIpc) is 2.90. The van der Waals surface area contributed by atoms with Crippen LogP contribution in [0.25, 0.3) is 17.0 Å². The fourth-order valence-electron chi connectivity index (χ4n) is 2.07. The number of ether oxygens (including phenoxy) is 1. The van der Waals surface area contributed by atoms with E-state index in [1.165, 1.54) is 0 Å². The van der Waals surface area contributed by atoms with E-state index >= 15 is 0 Å². The van der Waals surface area contributed by atoms with Gasteiger partial charge in [-0.25, -0.2) is 0 Å². The Morgan fingerprint density at radius 3 is 2.90 bits per heavy atom. The molecule has 0 unspecified atom stereocenters. The lowest BCUT2D eigenvalue weighted by atomic mass is 10.1. The summed E-state index contributed by atoms with van der Waals surface area (Å²) >= 11 is 0. The SMILES string of the molecule is CCCOc1ccc(-c2nnc3ccccn23)cc1N. The summed E-state index contributed by atoms with van der Waals surface area (Å²) in [5.74, 6) is 1.48. The largest absolute Gasteiger partial charge is 0.491 e. The van der Waals surface area contributed by atoms with Crippen molar-refractivity contribution < 1.29 is 4.74 Å². The van der Waals surface area contributed by atoms with Gasteiger partial charge in [-0.15, -0.1) is 10.2 Å². The summed E-state index contributed by atoms with van der Waals surface area (Å²) < 4.78 is 7.51. The van der Waals surface area contributed by atoms with Crippen molar-refractivity contribution in [1.29, 1.82) is 0 Å². The highest BCUT2D eigenvalue weighted by molar-refractivity contribution is 5.67. The van der Waals surface area contributed by atoms with Crippen molar-refractivity contribution in [3.8, 4) is 17.1 Å². The zero-order valence-electron chi connectivity index (χ0n) is 11.3. The standard InChI is InChI=1S/C15H16N4O/c1-2-9-20-13-7-6-11(10-12(13)16)15-18-17-14-5-3-4-8-19(14)15/h3-8,10H,2,9,16H2,1H3. The number of aromatic nitrogens is 3.